The summed E-state index contributed by atoms with van der Waals surface area (Å²) in [7, 11) is 0. The number of hydrogen-bond acceptors (Lipinski definition) is 6. The van der Waals surface area contributed by atoms with E-state index in [0.717, 1.165) is 25.9 Å². The van der Waals surface area contributed by atoms with Crippen LogP contribution in [0.4, 0.5) is 0 Å². The van der Waals surface area contributed by atoms with E-state index in [1.165, 1.54) is 46.4 Å². The Morgan fingerprint density at radius 3 is 2.78 bits per heavy atom. The van der Waals surface area contributed by atoms with E-state index in [-0.39, 0.29) is 23.1 Å². The number of amides is 2. The summed E-state index contributed by atoms with van der Waals surface area (Å²) in [5.41, 5.74) is 0.574. The molecule has 27 heavy (non-hydrogen) atoms. The molecule has 0 saturated carbocycles. The number of fused-ring (bicyclic) bond motifs is 1. The molecule has 2 amide bonds. The Morgan fingerprint density at radius 2 is 2.00 bits per heavy atom. The quantitative estimate of drug-likeness (QED) is 0.756. The van der Waals surface area contributed by atoms with Crippen molar-refractivity contribution in [1.29, 1.82) is 0 Å². The van der Waals surface area contributed by atoms with E-state index in [4.69, 9.17) is 0 Å². The van der Waals surface area contributed by atoms with Crippen molar-refractivity contribution >= 4 is 39.9 Å². The van der Waals surface area contributed by atoms with E-state index in [2.05, 4.69) is 10.3 Å². The molecule has 0 aliphatic carbocycles. The average Bonchev–Trinajstić information content (AvgIpc) is 2.95. The normalized spacial score (nSPS) is 14.9. The molecule has 0 bridgehead atoms. The zero-order valence-electron chi connectivity index (χ0n) is 15.2. The third-order valence-electron chi connectivity index (χ3n) is 4.46. The van der Waals surface area contributed by atoms with Gasteiger partial charge in [0, 0.05) is 49.5 Å². The molecule has 3 heterocycles. The number of carbonyl (C=O) groups excluding carboxylic acids is 2. The second-order valence-corrected chi connectivity index (χ2v) is 8.39. The van der Waals surface area contributed by atoms with E-state index in [0.29, 0.717) is 29.4 Å². The molecule has 0 atom stereocenters. The van der Waals surface area contributed by atoms with E-state index in [1.807, 2.05) is 10.3 Å². The maximum atomic E-state index is 12.2. The Bertz CT molecular complexity index is 840. The molecule has 0 aromatic carbocycles. The van der Waals surface area contributed by atoms with Gasteiger partial charge in [-0.3, -0.25) is 18.8 Å². The fourth-order valence-electron chi connectivity index (χ4n) is 3.05. The monoisotopic (exact) mass is 408 g/mol. The van der Waals surface area contributed by atoms with Crippen LogP contribution in [0.1, 0.15) is 37.8 Å². The number of hydrogen-bond donors (Lipinski definition) is 1. The number of likely N-dealkylation sites (tertiary alicyclic amines) is 1. The van der Waals surface area contributed by atoms with E-state index in [1.54, 1.807) is 6.20 Å². The Kier molecular flexibility index (Phi) is 7.28. The number of carbonyl (C=O) groups is 2. The standard InChI is InChI=1S/C18H24N4O3S2/c23-15(19-6-5-16(24)21-7-3-1-2-4-8-21)13-26-12-14-11-17(25)22-9-10-27-18(22)20-14/h9-11H,1-8,12-13H2,(H,19,23). The molecule has 3 rings (SSSR count). The fraction of sp³-hybridized carbons (Fsp3) is 0.556. The summed E-state index contributed by atoms with van der Waals surface area (Å²) in [6, 6.07) is 1.50. The van der Waals surface area contributed by atoms with Crippen LogP contribution in [0, 0.1) is 0 Å². The Morgan fingerprint density at radius 1 is 1.22 bits per heavy atom. The van der Waals surface area contributed by atoms with Gasteiger partial charge in [-0.05, 0) is 12.8 Å². The molecule has 9 heteroatoms. The lowest BCUT2D eigenvalue weighted by atomic mass is 10.2. The second-order valence-electron chi connectivity index (χ2n) is 6.53. The molecular formula is C18H24N4O3S2. The Balaban J connectivity index is 1.35. The first kappa shape index (κ1) is 19.9. The van der Waals surface area contributed by atoms with Crippen molar-refractivity contribution in [3.8, 4) is 0 Å². The Labute approximate surface area is 166 Å². The third kappa shape index (κ3) is 5.80. The lowest BCUT2D eigenvalue weighted by Gasteiger charge is -2.20. The minimum absolute atomic E-state index is 0.0995. The van der Waals surface area contributed by atoms with Crippen molar-refractivity contribution in [1.82, 2.24) is 19.6 Å². The van der Waals surface area contributed by atoms with Gasteiger partial charge in [0.25, 0.3) is 5.56 Å². The van der Waals surface area contributed by atoms with Crippen molar-refractivity contribution in [2.45, 2.75) is 37.9 Å². The summed E-state index contributed by atoms with van der Waals surface area (Å²) in [5.74, 6) is 0.809. The van der Waals surface area contributed by atoms with E-state index in [9.17, 15) is 14.4 Å². The van der Waals surface area contributed by atoms with Crippen LogP contribution in [0.15, 0.2) is 22.4 Å². The minimum Gasteiger partial charge on any atom is -0.355 e. The molecule has 7 nitrogen and oxygen atoms in total. The number of aromatic nitrogens is 2. The van der Waals surface area contributed by atoms with Gasteiger partial charge in [0.2, 0.25) is 11.8 Å². The van der Waals surface area contributed by atoms with Gasteiger partial charge in [-0.2, -0.15) is 0 Å². The highest BCUT2D eigenvalue weighted by Gasteiger charge is 2.15. The van der Waals surface area contributed by atoms with Gasteiger partial charge in [0.05, 0.1) is 11.4 Å². The highest BCUT2D eigenvalue weighted by molar-refractivity contribution is 7.99. The first-order valence-corrected chi connectivity index (χ1v) is 11.2. The number of thiazole rings is 1. The predicted molar refractivity (Wildman–Crippen MR) is 108 cm³/mol. The maximum absolute atomic E-state index is 12.2. The number of thioether (sulfide) groups is 1. The molecule has 1 N–H and O–H groups in total. The highest BCUT2D eigenvalue weighted by Crippen LogP contribution is 2.12. The fourth-order valence-corrected chi connectivity index (χ4v) is 4.53. The van der Waals surface area contributed by atoms with Crippen LogP contribution in [0.25, 0.3) is 4.96 Å². The third-order valence-corrected chi connectivity index (χ3v) is 6.18. The SMILES string of the molecule is O=C(CSCc1cc(=O)n2ccsc2n1)NCCC(=O)N1CCCCCC1. The van der Waals surface area contributed by atoms with Crippen LogP contribution in [0.2, 0.25) is 0 Å². The summed E-state index contributed by atoms with van der Waals surface area (Å²) in [6.45, 7) is 2.05. The summed E-state index contributed by atoms with van der Waals surface area (Å²) >= 11 is 2.82. The van der Waals surface area contributed by atoms with Gasteiger partial charge in [0.15, 0.2) is 4.96 Å². The Hall–Kier alpha value is -1.87. The lowest BCUT2D eigenvalue weighted by Crippen LogP contribution is -2.35. The number of nitrogens with one attached hydrogen (secondary N) is 1. The summed E-state index contributed by atoms with van der Waals surface area (Å²) in [5, 5.41) is 4.62. The summed E-state index contributed by atoms with van der Waals surface area (Å²) in [4.78, 5) is 43.0. The molecular weight excluding hydrogens is 384 g/mol. The zero-order valence-corrected chi connectivity index (χ0v) is 16.8. The van der Waals surface area contributed by atoms with Gasteiger partial charge in [-0.25, -0.2) is 4.98 Å². The molecule has 0 unspecified atom stereocenters. The van der Waals surface area contributed by atoms with Crippen molar-refractivity contribution in [2.75, 3.05) is 25.4 Å². The first-order chi connectivity index (χ1) is 13.1. The van der Waals surface area contributed by atoms with Gasteiger partial charge < -0.3 is 10.2 Å². The zero-order chi connectivity index (χ0) is 19.1. The van der Waals surface area contributed by atoms with Crippen LogP contribution in [-0.2, 0) is 15.3 Å². The van der Waals surface area contributed by atoms with Crippen LogP contribution in [-0.4, -0.2) is 51.5 Å². The van der Waals surface area contributed by atoms with Crippen molar-refractivity contribution < 1.29 is 9.59 Å². The number of nitrogens with zero attached hydrogens (tertiary/aromatic N) is 3. The molecule has 1 saturated heterocycles. The van der Waals surface area contributed by atoms with E-state index >= 15 is 0 Å². The molecule has 1 fully saturated rings. The van der Waals surface area contributed by atoms with Gasteiger partial charge in [0.1, 0.15) is 0 Å². The predicted octanol–water partition coefficient (Wildman–Crippen LogP) is 1.90. The van der Waals surface area contributed by atoms with Crippen LogP contribution in [0.5, 0.6) is 0 Å². The topological polar surface area (TPSA) is 83.8 Å². The molecule has 2 aromatic rings. The van der Waals surface area contributed by atoms with Gasteiger partial charge in [-0.15, -0.1) is 23.1 Å². The summed E-state index contributed by atoms with van der Waals surface area (Å²) in [6.07, 6.45) is 6.58. The second kappa shape index (κ2) is 9.89. The van der Waals surface area contributed by atoms with Gasteiger partial charge >= 0.3 is 0 Å². The number of rotatable bonds is 7. The maximum Gasteiger partial charge on any atom is 0.258 e. The van der Waals surface area contributed by atoms with Crippen LogP contribution >= 0.6 is 23.1 Å². The van der Waals surface area contributed by atoms with Crippen molar-refractivity contribution in [3.05, 3.63) is 33.7 Å². The molecule has 0 spiro atoms. The lowest BCUT2D eigenvalue weighted by molar-refractivity contribution is -0.131. The van der Waals surface area contributed by atoms with Gasteiger partial charge in [-0.1, -0.05) is 12.8 Å². The van der Waals surface area contributed by atoms with Crippen molar-refractivity contribution in [2.24, 2.45) is 0 Å². The van der Waals surface area contributed by atoms with Crippen LogP contribution < -0.4 is 10.9 Å². The largest absolute Gasteiger partial charge is 0.355 e. The summed E-state index contributed by atoms with van der Waals surface area (Å²) < 4.78 is 1.51. The molecule has 0 radical (unpaired) electrons. The molecule has 2 aromatic heterocycles. The first-order valence-electron chi connectivity index (χ1n) is 9.21. The van der Waals surface area contributed by atoms with Crippen LogP contribution in [0.3, 0.4) is 0 Å². The molecule has 1 aliphatic rings. The molecule has 1 aliphatic heterocycles. The highest BCUT2D eigenvalue weighted by atomic mass is 32.2. The minimum atomic E-state index is -0.103. The van der Waals surface area contributed by atoms with E-state index < -0.39 is 0 Å². The van der Waals surface area contributed by atoms with Crippen molar-refractivity contribution in [3.63, 3.8) is 0 Å². The smallest absolute Gasteiger partial charge is 0.258 e. The molecule has 146 valence electrons. The average molecular weight is 409 g/mol.